The van der Waals surface area contributed by atoms with Crippen LogP contribution in [0.2, 0.25) is 0 Å². The number of aromatic nitrogens is 3. The molecule has 19 heavy (non-hydrogen) atoms. The number of aryl methyl sites for hydroxylation is 1. The third-order valence-corrected chi connectivity index (χ3v) is 3.86. The first-order valence-corrected chi connectivity index (χ1v) is 6.75. The summed E-state index contributed by atoms with van der Waals surface area (Å²) in [6.07, 6.45) is 3.67. The lowest BCUT2D eigenvalue weighted by Crippen LogP contribution is -1.87. The van der Waals surface area contributed by atoms with Crippen LogP contribution in [-0.4, -0.2) is 14.8 Å². The van der Waals surface area contributed by atoms with Gasteiger partial charge in [-0.05, 0) is 40.1 Å². The number of rotatable bonds is 1. The molecule has 0 aliphatic carbocycles. The molecule has 0 aliphatic heterocycles. The minimum atomic E-state index is 0.403. The number of nitriles is 1. The maximum absolute atomic E-state index is 9.10. The Kier molecular flexibility index (Phi) is 2.95. The van der Waals surface area contributed by atoms with Gasteiger partial charge < -0.3 is 0 Å². The molecule has 3 rings (SSSR count). The zero-order valence-corrected chi connectivity index (χ0v) is 12.3. The van der Waals surface area contributed by atoms with Gasteiger partial charge in [-0.25, -0.2) is 0 Å². The molecule has 0 amide bonds. The van der Waals surface area contributed by atoms with Crippen molar-refractivity contribution in [3.8, 4) is 17.3 Å². The van der Waals surface area contributed by atoms with Crippen LogP contribution in [0.25, 0.3) is 22.0 Å². The average Bonchev–Trinajstić information content (AvgIpc) is 2.80. The maximum atomic E-state index is 9.10. The molecule has 0 radical (unpaired) electrons. The Morgan fingerprint density at radius 2 is 2.21 bits per heavy atom. The van der Waals surface area contributed by atoms with Crippen molar-refractivity contribution < 1.29 is 0 Å². The van der Waals surface area contributed by atoms with Gasteiger partial charge in [0, 0.05) is 28.4 Å². The smallest absolute Gasteiger partial charge is 0.171 e. The van der Waals surface area contributed by atoms with Gasteiger partial charge in [0.15, 0.2) is 5.69 Å². The fourth-order valence-electron chi connectivity index (χ4n) is 2.04. The van der Waals surface area contributed by atoms with E-state index in [1.165, 1.54) is 3.57 Å². The number of hydrogen-bond donors (Lipinski definition) is 0. The zero-order valence-electron chi connectivity index (χ0n) is 10.1. The minimum absolute atomic E-state index is 0.403. The summed E-state index contributed by atoms with van der Waals surface area (Å²) >= 11 is 2.29. The van der Waals surface area contributed by atoms with Crippen LogP contribution in [0.5, 0.6) is 0 Å². The lowest BCUT2D eigenvalue weighted by Gasteiger charge is -2.03. The summed E-state index contributed by atoms with van der Waals surface area (Å²) in [5.74, 6) is 0. The third kappa shape index (κ3) is 2.08. The van der Waals surface area contributed by atoms with Crippen LogP contribution in [0.15, 0.2) is 36.7 Å². The number of nitrogens with zero attached hydrogens (tertiary/aromatic N) is 4. The van der Waals surface area contributed by atoms with Gasteiger partial charge in [-0.2, -0.15) is 10.4 Å². The number of fused-ring (bicyclic) bond motifs is 1. The highest BCUT2D eigenvalue weighted by atomic mass is 127. The third-order valence-electron chi connectivity index (χ3n) is 2.92. The fourth-order valence-corrected chi connectivity index (χ4v) is 2.70. The summed E-state index contributed by atoms with van der Waals surface area (Å²) in [6, 6.07) is 10.2. The van der Waals surface area contributed by atoms with Crippen molar-refractivity contribution in [2.75, 3.05) is 0 Å². The van der Waals surface area contributed by atoms with Gasteiger partial charge in [-0.1, -0.05) is 12.1 Å². The Balaban J connectivity index is 2.24. The van der Waals surface area contributed by atoms with Gasteiger partial charge in [0.25, 0.3) is 0 Å². The van der Waals surface area contributed by atoms with E-state index in [4.69, 9.17) is 5.26 Å². The van der Waals surface area contributed by atoms with Gasteiger partial charge in [0.2, 0.25) is 0 Å². The van der Waals surface area contributed by atoms with Crippen LogP contribution in [0.4, 0.5) is 0 Å². The van der Waals surface area contributed by atoms with Gasteiger partial charge in [0.05, 0.1) is 11.3 Å². The topological polar surface area (TPSA) is 54.5 Å². The Labute approximate surface area is 123 Å². The van der Waals surface area contributed by atoms with Crippen molar-refractivity contribution >= 4 is 33.4 Å². The van der Waals surface area contributed by atoms with Crippen LogP contribution < -0.4 is 0 Å². The van der Waals surface area contributed by atoms with Crippen molar-refractivity contribution in [2.45, 2.75) is 0 Å². The highest BCUT2D eigenvalue weighted by molar-refractivity contribution is 14.1. The first kappa shape index (κ1) is 12.1. The molecule has 5 heteroatoms. The van der Waals surface area contributed by atoms with E-state index < -0.39 is 0 Å². The maximum Gasteiger partial charge on any atom is 0.171 e. The molecule has 92 valence electrons. The predicted octanol–water partition coefficient (Wildman–Crippen LogP) is 3.11. The molecule has 0 bridgehead atoms. The SMILES string of the molecule is Cn1cc(-c2cc3cccc(I)c3cn2)c(C#N)n1. The lowest BCUT2D eigenvalue weighted by atomic mass is 10.1. The van der Waals surface area contributed by atoms with E-state index in [0.717, 1.165) is 22.0 Å². The van der Waals surface area contributed by atoms with Crippen molar-refractivity contribution in [3.05, 3.63) is 45.9 Å². The molecule has 0 atom stereocenters. The van der Waals surface area contributed by atoms with Crippen LogP contribution >= 0.6 is 22.6 Å². The molecular formula is C14H9IN4. The van der Waals surface area contributed by atoms with Gasteiger partial charge in [-0.3, -0.25) is 9.67 Å². The van der Waals surface area contributed by atoms with Crippen LogP contribution in [0.3, 0.4) is 0 Å². The number of benzene rings is 1. The second-order valence-electron chi connectivity index (χ2n) is 4.21. The summed E-state index contributed by atoms with van der Waals surface area (Å²) in [7, 11) is 1.80. The van der Waals surface area contributed by atoms with E-state index in [1.807, 2.05) is 30.6 Å². The first-order chi connectivity index (χ1) is 9.19. The molecule has 1 aromatic carbocycles. The fraction of sp³-hybridized carbons (Fsp3) is 0.0714. The standard InChI is InChI=1S/C14H9IN4/c1-19-8-11(14(6-16)18-19)13-5-9-3-2-4-12(15)10(9)7-17-13/h2-5,7-8H,1H3. The quantitative estimate of drug-likeness (QED) is 0.627. The minimum Gasteiger partial charge on any atom is -0.274 e. The van der Waals surface area contributed by atoms with Crippen molar-refractivity contribution in [1.82, 2.24) is 14.8 Å². The average molecular weight is 360 g/mol. The summed E-state index contributed by atoms with van der Waals surface area (Å²) in [5.41, 5.74) is 1.95. The van der Waals surface area contributed by atoms with Crippen molar-refractivity contribution in [1.29, 1.82) is 5.26 Å². The lowest BCUT2D eigenvalue weighted by molar-refractivity contribution is 0.763. The molecule has 2 aromatic heterocycles. The molecule has 0 spiro atoms. The Morgan fingerprint density at radius 3 is 3.00 bits per heavy atom. The summed E-state index contributed by atoms with van der Waals surface area (Å²) in [5, 5.41) is 15.4. The zero-order chi connectivity index (χ0) is 13.4. The molecule has 0 saturated heterocycles. The highest BCUT2D eigenvalue weighted by Crippen LogP contribution is 2.26. The molecule has 0 aliphatic rings. The van der Waals surface area contributed by atoms with Gasteiger partial charge >= 0.3 is 0 Å². The largest absolute Gasteiger partial charge is 0.274 e. The number of pyridine rings is 1. The van der Waals surface area contributed by atoms with E-state index in [-0.39, 0.29) is 0 Å². The van der Waals surface area contributed by atoms with E-state index >= 15 is 0 Å². The van der Waals surface area contributed by atoms with Gasteiger partial charge in [-0.15, -0.1) is 0 Å². The molecule has 0 fully saturated rings. The van der Waals surface area contributed by atoms with Crippen LogP contribution in [0, 0.1) is 14.9 Å². The van der Waals surface area contributed by atoms with E-state index in [2.05, 4.69) is 44.8 Å². The monoisotopic (exact) mass is 360 g/mol. The molecule has 0 N–H and O–H groups in total. The summed E-state index contributed by atoms with van der Waals surface area (Å²) < 4.78 is 2.80. The molecule has 2 heterocycles. The number of halogens is 1. The first-order valence-electron chi connectivity index (χ1n) is 5.67. The molecule has 0 saturated carbocycles. The molecule has 0 unspecified atom stereocenters. The second-order valence-corrected chi connectivity index (χ2v) is 5.37. The van der Waals surface area contributed by atoms with Gasteiger partial charge in [0.1, 0.15) is 6.07 Å². The van der Waals surface area contributed by atoms with Crippen molar-refractivity contribution in [3.63, 3.8) is 0 Å². The normalized spacial score (nSPS) is 10.6. The van der Waals surface area contributed by atoms with E-state index in [1.54, 1.807) is 11.7 Å². The highest BCUT2D eigenvalue weighted by Gasteiger charge is 2.11. The Hall–Kier alpha value is -1.94. The number of hydrogen-bond acceptors (Lipinski definition) is 3. The van der Waals surface area contributed by atoms with E-state index in [0.29, 0.717) is 5.69 Å². The molecule has 4 nitrogen and oxygen atoms in total. The molecule has 3 aromatic rings. The summed E-state index contributed by atoms with van der Waals surface area (Å²) in [4.78, 5) is 4.45. The Morgan fingerprint density at radius 1 is 1.37 bits per heavy atom. The van der Waals surface area contributed by atoms with Crippen molar-refractivity contribution in [2.24, 2.45) is 7.05 Å². The van der Waals surface area contributed by atoms with E-state index in [9.17, 15) is 0 Å². The Bertz CT molecular complexity index is 814. The molecular weight excluding hydrogens is 351 g/mol. The second kappa shape index (κ2) is 4.63. The summed E-state index contributed by atoms with van der Waals surface area (Å²) in [6.45, 7) is 0. The predicted molar refractivity (Wildman–Crippen MR) is 81.4 cm³/mol. The van der Waals surface area contributed by atoms with Crippen LogP contribution in [0.1, 0.15) is 5.69 Å². The van der Waals surface area contributed by atoms with Crippen LogP contribution in [-0.2, 0) is 7.05 Å².